The average Bonchev–Trinajstić information content (AvgIpc) is 2.56. The van der Waals surface area contributed by atoms with Crippen LogP contribution in [-0.2, 0) is 4.79 Å². The predicted molar refractivity (Wildman–Crippen MR) is 99.8 cm³/mol. The second-order valence-corrected chi connectivity index (χ2v) is 6.39. The molecule has 2 rings (SSSR count). The van der Waals surface area contributed by atoms with E-state index in [9.17, 15) is 9.90 Å². The van der Waals surface area contributed by atoms with E-state index in [1.165, 1.54) is 6.21 Å². The van der Waals surface area contributed by atoms with Crippen molar-refractivity contribution in [3.05, 3.63) is 44.3 Å². The number of ether oxygens (including phenoxy) is 2. The van der Waals surface area contributed by atoms with E-state index in [0.29, 0.717) is 40.3 Å². The molecule has 0 aliphatic heterocycles. The Morgan fingerprint density at radius 1 is 1.29 bits per heavy atom. The van der Waals surface area contributed by atoms with Crippen molar-refractivity contribution in [2.45, 2.75) is 13.8 Å². The molecule has 0 aromatic heterocycles. The first-order valence-corrected chi connectivity index (χ1v) is 8.65. The zero-order valence-corrected chi connectivity index (χ0v) is 16.2. The highest BCUT2D eigenvalue weighted by Gasteiger charge is 2.15. The van der Waals surface area contributed by atoms with Gasteiger partial charge in [-0.1, -0.05) is 6.07 Å². The van der Waals surface area contributed by atoms with Crippen LogP contribution in [0.25, 0.3) is 0 Å². The number of nitrogens with zero attached hydrogens (tertiary/aromatic N) is 1. The van der Waals surface area contributed by atoms with E-state index in [1.807, 2.05) is 6.92 Å². The molecule has 0 saturated carbocycles. The summed E-state index contributed by atoms with van der Waals surface area (Å²) in [5.41, 5.74) is 1.82. The zero-order valence-electron chi connectivity index (χ0n) is 13.0. The maximum atomic E-state index is 10.5. The monoisotopic (exact) mass is 455 g/mol. The van der Waals surface area contributed by atoms with Crippen molar-refractivity contribution < 1.29 is 19.4 Å². The van der Waals surface area contributed by atoms with Crippen LogP contribution < -0.4 is 9.47 Å². The van der Waals surface area contributed by atoms with Crippen LogP contribution in [0.1, 0.15) is 18.1 Å². The summed E-state index contributed by atoms with van der Waals surface area (Å²) in [7, 11) is 0. The van der Waals surface area contributed by atoms with Crippen molar-refractivity contribution in [2.75, 3.05) is 6.61 Å². The van der Waals surface area contributed by atoms with Crippen LogP contribution in [0.5, 0.6) is 17.2 Å². The average molecular weight is 457 g/mol. The van der Waals surface area contributed by atoms with Crippen LogP contribution in [-0.4, -0.2) is 24.4 Å². The fourth-order valence-corrected chi connectivity index (χ4v) is 2.88. The molecule has 7 heteroatoms. The minimum Gasteiger partial charge on any atom is -0.504 e. The van der Waals surface area contributed by atoms with Gasteiger partial charge in [-0.05, 0) is 63.9 Å². The molecule has 24 heavy (non-hydrogen) atoms. The van der Waals surface area contributed by atoms with Gasteiger partial charge in [-0.2, -0.15) is 0 Å². The number of aromatic hydroxyl groups is 1. The van der Waals surface area contributed by atoms with Gasteiger partial charge < -0.3 is 14.6 Å². The van der Waals surface area contributed by atoms with E-state index in [4.69, 9.17) is 9.47 Å². The van der Waals surface area contributed by atoms with Crippen LogP contribution in [0.2, 0.25) is 0 Å². The summed E-state index contributed by atoms with van der Waals surface area (Å²) in [5.74, 6) is 0.796. The van der Waals surface area contributed by atoms with Gasteiger partial charge in [0.25, 0.3) is 6.47 Å². The van der Waals surface area contributed by atoms with Gasteiger partial charge in [-0.3, -0.25) is 9.79 Å². The van der Waals surface area contributed by atoms with Crippen LogP contribution in [0.15, 0.2) is 38.2 Å². The second-order valence-electron chi connectivity index (χ2n) is 4.74. The molecule has 0 heterocycles. The Morgan fingerprint density at radius 3 is 2.71 bits per heavy atom. The third-order valence-electron chi connectivity index (χ3n) is 3.26. The second kappa shape index (κ2) is 8.30. The number of carbonyl (C=O) groups excluding carboxylic acids is 1. The summed E-state index contributed by atoms with van der Waals surface area (Å²) in [4.78, 5) is 14.9. The molecule has 0 unspecified atom stereocenters. The SMILES string of the molecule is CCOc1cc(Br)c(Br)c(C=Nc2cccc(OC=O)c2C)c1O. The number of hydrogen-bond donors (Lipinski definition) is 1. The molecule has 0 spiro atoms. The lowest BCUT2D eigenvalue weighted by Crippen LogP contribution is -1.96. The first-order chi connectivity index (χ1) is 11.5. The Labute approximate surface area is 156 Å². The van der Waals surface area contributed by atoms with Gasteiger partial charge in [0.05, 0.1) is 17.9 Å². The van der Waals surface area contributed by atoms with Crippen molar-refractivity contribution in [1.29, 1.82) is 0 Å². The molecule has 0 saturated heterocycles. The Hall–Kier alpha value is -1.86. The first-order valence-electron chi connectivity index (χ1n) is 7.07. The topological polar surface area (TPSA) is 68.1 Å². The largest absolute Gasteiger partial charge is 0.504 e. The van der Waals surface area contributed by atoms with Gasteiger partial charge in [0, 0.05) is 20.7 Å². The van der Waals surface area contributed by atoms with Crippen LogP contribution >= 0.6 is 31.9 Å². The number of benzene rings is 2. The number of halogens is 2. The molecule has 1 N–H and O–H groups in total. The zero-order chi connectivity index (χ0) is 17.7. The molecule has 0 amide bonds. The fourth-order valence-electron chi connectivity index (χ4n) is 2.05. The predicted octanol–water partition coefficient (Wildman–Crippen LogP) is 4.91. The number of phenolic OH excluding ortho intramolecular Hbond substituents is 1. The number of phenols is 1. The number of hydrogen-bond acceptors (Lipinski definition) is 5. The molecule has 0 atom stereocenters. The molecule has 126 valence electrons. The maximum Gasteiger partial charge on any atom is 0.298 e. The van der Waals surface area contributed by atoms with E-state index in [1.54, 1.807) is 31.2 Å². The standard InChI is InChI=1S/C17H15Br2NO4/c1-3-23-15-7-12(18)16(19)11(17(15)22)8-20-13-5-4-6-14(10(13)2)24-9-21/h4-9,22H,3H2,1-2H3. The first kappa shape index (κ1) is 18.5. The molecule has 0 bridgehead atoms. The number of aliphatic imine (C=N–C) groups is 1. The van der Waals surface area contributed by atoms with Crippen LogP contribution in [0.4, 0.5) is 5.69 Å². The van der Waals surface area contributed by atoms with Crippen LogP contribution in [0.3, 0.4) is 0 Å². The highest BCUT2D eigenvalue weighted by molar-refractivity contribution is 9.13. The molecule has 2 aromatic carbocycles. The maximum absolute atomic E-state index is 10.5. The Morgan fingerprint density at radius 2 is 2.04 bits per heavy atom. The van der Waals surface area contributed by atoms with Crippen molar-refractivity contribution >= 4 is 50.2 Å². The quantitative estimate of drug-likeness (QED) is 0.495. The van der Waals surface area contributed by atoms with Gasteiger partial charge in [0.1, 0.15) is 5.75 Å². The van der Waals surface area contributed by atoms with E-state index in [0.717, 1.165) is 10.0 Å². The normalized spacial score (nSPS) is 10.8. The Kier molecular flexibility index (Phi) is 6.39. The third kappa shape index (κ3) is 3.96. The molecule has 0 radical (unpaired) electrons. The summed E-state index contributed by atoms with van der Waals surface area (Å²) < 4.78 is 11.7. The van der Waals surface area contributed by atoms with Crippen LogP contribution in [0, 0.1) is 6.92 Å². The van der Waals surface area contributed by atoms with Gasteiger partial charge >= 0.3 is 0 Å². The molecule has 0 aliphatic carbocycles. The number of rotatable bonds is 6. The van der Waals surface area contributed by atoms with Gasteiger partial charge in [0.2, 0.25) is 0 Å². The van der Waals surface area contributed by atoms with Crippen molar-refractivity contribution in [3.63, 3.8) is 0 Å². The summed E-state index contributed by atoms with van der Waals surface area (Å²) >= 11 is 6.84. The summed E-state index contributed by atoms with van der Waals surface area (Å²) in [5, 5.41) is 10.4. The minimum atomic E-state index is -0.00590. The smallest absolute Gasteiger partial charge is 0.298 e. The molecular weight excluding hydrogens is 442 g/mol. The summed E-state index contributed by atoms with van der Waals surface area (Å²) in [6, 6.07) is 6.89. The highest BCUT2D eigenvalue weighted by atomic mass is 79.9. The summed E-state index contributed by atoms with van der Waals surface area (Å²) in [6.45, 7) is 4.45. The van der Waals surface area contributed by atoms with Gasteiger partial charge in [-0.25, -0.2) is 0 Å². The van der Waals surface area contributed by atoms with Gasteiger partial charge in [-0.15, -0.1) is 0 Å². The fraction of sp³-hybridized carbons (Fsp3) is 0.176. The number of carbonyl (C=O) groups is 1. The Bertz CT molecular complexity index is 791. The lowest BCUT2D eigenvalue weighted by molar-refractivity contribution is -0.120. The van der Waals surface area contributed by atoms with E-state index < -0.39 is 0 Å². The third-order valence-corrected chi connectivity index (χ3v) is 5.27. The highest BCUT2D eigenvalue weighted by Crippen LogP contribution is 2.40. The molecule has 2 aromatic rings. The van der Waals surface area contributed by atoms with E-state index >= 15 is 0 Å². The van der Waals surface area contributed by atoms with Crippen molar-refractivity contribution in [2.24, 2.45) is 4.99 Å². The molecule has 0 fully saturated rings. The minimum absolute atomic E-state index is 0.00590. The van der Waals surface area contributed by atoms with Crippen molar-refractivity contribution in [1.82, 2.24) is 0 Å². The molecule has 0 aliphatic rings. The lowest BCUT2D eigenvalue weighted by Gasteiger charge is -2.11. The molecule has 5 nitrogen and oxygen atoms in total. The van der Waals surface area contributed by atoms with E-state index in [-0.39, 0.29) is 5.75 Å². The lowest BCUT2D eigenvalue weighted by atomic mass is 10.1. The summed E-state index contributed by atoms with van der Waals surface area (Å²) in [6.07, 6.45) is 1.53. The van der Waals surface area contributed by atoms with E-state index in [2.05, 4.69) is 36.9 Å². The molecular formula is C17H15Br2NO4. The van der Waals surface area contributed by atoms with Crippen molar-refractivity contribution in [3.8, 4) is 17.2 Å². The van der Waals surface area contributed by atoms with Gasteiger partial charge in [0.15, 0.2) is 11.5 Å². The Balaban J connectivity index is 2.46.